The van der Waals surface area contributed by atoms with Gasteiger partial charge in [0.2, 0.25) is 11.8 Å². The van der Waals surface area contributed by atoms with E-state index in [1.54, 1.807) is 0 Å². The van der Waals surface area contributed by atoms with Gasteiger partial charge in [-0.2, -0.15) is 0 Å². The number of ether oxygens (including phenoxy) is 1. The van der Waals surface area contributed by atoms with Crippen LogP contribution in [0, 0.1) is 5.92 Å². The summed E-state index contributed by atoms with van der Waals surface area (Å²) in [6.07, 6.45) is 0.345. The number of benzene rings is 1. The van der Waals surface area contributed by atoms with E-state index < -0.39 is 24.0 Å². The summed E-state index contributed by atoms with van der Waals surface area (Å²) in [4.78, 5) is 35.6. The Balaban J connectivity index is 2.86. The van der Waals surface area contributed by atoms with Crippen molar-refractivity contribution in [3.8, 4) is 0 Å². The Morgan fingerprint density at radius 1 is 1.09 bits per heavy atom. The van der Waals surface area contributed by atoms with Crippen molar-refractivity contribution in [2.24, 2.45) is 5.92 Å². The van der Waals surface area contributed by atoms with Gasteiger partial charge in [-0.3, -0.25) is 9.59 Å². The molecule has 1 aromatic rings. The zero-order chi connectivity index (χ0) is 17.4. The molecule has 0 radical (unpaired) electrons. The lowest BCUT2D eigenvalue weighted by atomic mass is 10.0. The van der Waals surface area contributed by atoms with E-state index >= 15 is 0 Å². The first-order valence-electron chi connectivity index (χ1n) is 7.54. The molecule has 0 aromatic heterocycles. The van der Waals surface area contributed by atoms with Crippen LogP contribution in [0.5, 0.6) is 0 Å². The van der Waals surface area contributed by atoms with Crippen LogP contribution >= 0.6 is 0 Å². The number of rotatable bonds is 7. The molecule has 6 heteroatoms. The van der Waals surface area contributed by atoms with Crippen LogP contribution in [-0.4, -0.2) is 37.0 Å². The minimum atomic E-state index is -0.750. The molecule has 2 atom stereocenters. The summed E-state index contributed by atoms with van der Waals surface area (Å²) < 4.78 is 4.71. The normalized spacial score (nSPS) is 13.1. The highest BCUT2D eigenvalue weighted by Crippen LogP contribution is 2.07. The van der Waals surface area contributed by atoms with Crippen LogP contribution in [0.4, 0.5) is 0 Å². The van der Waals surface area contributed by atoms with Gasteiger partial charge in [0.1, 0.15) is 12.1 Å². The predicted molar refractivity (Wildman–Crippen MR) is 86.5 cm³/mol. The van der Waals surface area contributed by atoms with Crippen molar-refractivity contribution in [3.63, 3.8) is 0 Å². The second-order valence-electron chi connectivity index (χ2n) is 5.70. The van der Waals surface area contributed by atoms with Crippen molar-refractivity contribution in [3.05, 3.63) is 35.9 Å². The first kappa shape index (κ1) is 18.7. The molecule has 2 N–H and O–H groups in total. The number of hydrogen-bond acceptors (Lipinski definition) is 4. The van der Waals surface area contributed by atoms with E-state index in [0.29, 0.717) is 6.42 Å². The average molecular weight is 320 g/mol. The Morgan fingerprint density at radius 3 is 2.17 bits per heavy atom. The first-order chi connectivity index (χ1) is 10.8. The van der Waals surface area contributed by atoms with Gasteiger partial charge in [-0.1, -0.05) is 44.2 Å². The third-order valence-electron chi connectivity index (χ3n) is 3.40. The van der Waals surface area contributed by atoms with Gasteiger partial charge in [0, 0.05) is 13.3 Å². The fourth-order valence-corrected chi connectivity index (χ4v) is 2.18. The van der Waals surface area contributed by atoms with E-state index in [9.17, 15) is 14.4 Å². The van der Waals surface area contributed by atoms with Gasteiger partial charge in [-0.25, -0.2) is 4.79 Å². The SMILES string of the molecule is COC(=O)[C@H](NC(=O)[C@@H](Cc1ccccc1)NC(C)=O)C(C)C. The molecule has 1 rings (SSSR count). The lowest BCUT2D eigenvalue weighted by molar-refractivity contribution is -0.146. The minimum absolute atomic E-state index is 0.124. The number of nitrogens with one attached hydrogen (secondary N) is 2. The van der Waals surface area contributed by atoms with Crippen LogP contribution in [0.25, 0.3) is 0 Å². The molecular formula is C17H24N2O4. The Kier molecular flexibility index (Phi) is 7.25. The second-order valence-corrected chi connectivity index (χ2v) is 5.70. The largest absolute Gasteiger partial charge is 0.467 e. The third kappa shape index (κ3) is 6.10. The van der Waals surface area contributed by atoms with Gasteiger partial charge in [-0.15, -0.1) is 0 Å². The molecule has 0 heterocycles. The molecule has 0 aliphatic rings. The number of hydrogen-bond donors (Lipinski definition) is 2. The second kappa shape index (κ2) is 8.92. The Morgan fingerprint density at radius 2 is 1.70 bits per heavy atom. The molecule has 23 heavy (non-hydrogen) atoms. The maximum Gasteiger partial charge on any atom is 0.328 e. The standard InChI is InChI=1S/C17H24N2O4/c1-11(2)15(17(22)23-4)19-16(21)14(18-12(3)20)10-13-8-6-5-7-9-13/h5-9,11,14-15H,10H2,1-4H3,(H,18,20)(H,19,21)/t14-,15-/m1/s1. The van der Waals surface area contributed by atoms with E-state index in [2.05, 4.69) is 10.6 Å². The highest BCUT2D eigenvalue weighted by Gasteiger charge is 2.28. The molecule has 126 valence electrons. The van der Waals surface area contributed by atoms with E-state index in [4.69, 9.17) is 4.74 Å². The van der Waals surface area contributed by atoms with Crippen LogP contribution in [0.2, 0.25) is 0 Å². The molecule has 0 saturated carbocycles. The van der Waals surface area contributed by atoms with E-state index in [0.717, 1.165) is 5.56 Å². The minimum Gasteiger partial charge on any atom is -0.467 e. The van der Waals surface area contributed by atoms with Crippen LogP contribution in [0.15, 0.2) is 30.3 Å². The van der Waals surface area contributed by atoms with Gasteiger partial charge < -0.3 is 15.4 Å². The van der Waals surface area contributed by atoms with Crippen LogP contribution in [0.1, 0.15) is 26.3 Å². The number of carbonyl (C=O) groups is 3. The Hall–Kier alpha value is -2.37. The molecule has 0 aliphatic heterocycles. The van der Waals surface area contributed by atoms with Gasteiger partial charge in [-0.05, 0) is 11.5 Å². The summed E-state index contributed by atoms with van der Waals surface area (Å²) in [6.45, 7) is 4.98. The molecule has 0 spiro atoms. The summed E-state index contributed by atoms with van der Waals surface area (Å²) >= 11 is 0. The number of esters is 1. The summed E-state index contributed by atoms with van der Waals surface area (Å²) in [5.41, 5.74) is 0.917. The molecule has 2 amide bonds. The van der Waals surface area contributed by atoms with Crippen LogP contribution in [0.3, 0.4) is 0 Å². The summed E-state index contributed by atoms with van der Waals surface area (Å²) in [5, 5.41) is 5.29. The topological polar surface area (TPSA) is 84.5 Å². The summed E-state index contributed by atoms with van der Waals surface area (Å²) in [5.74, 6) is -1.34. The van der Waals surface area contributed by atoms with Crippen LogP contribution < -0.4 is 10.6 Å². The monoisotopic (exact) mass is 320 g/mol. The van der Waals surface area contributed by atoms with Gasteiger partial charge >= 0.3 is 5.97 Å². The lowest BCUT2D eigenvalue weighted by Crippen LogP contribution is -2.53. The highest BCUT2D eigenvalue weighted by atomic mass is 16.5. The smallest absolute Gasteiger partial charge is 0.328 e. The average Bonchev–Trinajstić information content (AvgIpc) is 2.51. The van der Waals surface area contributed by atoms with Crippen molar-refractivity contribution in [2.45, 2.75) is 39.3 Å². The van der Waals surface area contributed by atoms with Crippen molar-refractivity contribution in [2.75, 3.05) is 7.11 Å². The van der Waals surface area contributed by atoms with Gasteiger partial charge in [0.25, 0.3) is 0 Å². The highest BCUT2D eigenvalue weighted by molar-refractivity contribution is 5.90. The third-order valence-corrected chi connectivity index (χ3v) is 3.40. The molecule has 0 fully saturated rings. The molecule has 0 aliphatic carbocycles. The van der Waals surface area contributed by atoms with Crippen LogP contribution in [-0.2, 0) is 25.5 Å². The zero-order valence-electron chi connectivity index (χ0n) is 14.0. The molecule has 0 saturated heterocycles. The maximum absolute atomic E-state index is 12.5. The van der Waals surface area contributed by atoms with Crippen molar-refractivity contribution >= 4 is 17.8 Å². The van der Waals surface area contributed by atoms with E-state index in [1.807, 2.05) is 44.2 Å². The number of amides is 2. The summed E-state index contributed by atoms with van der Waals surface area (Å²) in [6, 6.07) is 7.86. The fraction of sp³-hybridized carbons (Fsp3) is 0.471. The van der Waals surface area contributed by atoms with Gasteiger partial charge in [0.15, 0.2) is 0 Å². The zero-order valence-corrected chi connectivity index (χ0v) is 14.0. The summed E-state index contributed by atoms with van der Waals surface area (Å²) in [7, 11) is 1.28. The first-order valence-corrected chi connectivity index (χ1v) is 7.54. The molecule has 0 unspecified atom stereocenters. The van der Waals surface area contributed by atoms with E-state index in [1.165, 1.54) is 14.0 Å². The molecular weight excluding hydrogens is 296 g/mol. The molecule has 6 nitrogen and oxygen atoms in total. The molecule has 0 bridgehead atoms. The quantitative estimate of drug-likeness (QED) is 0.736. The van der Waals surface area contributed by atoms with Crippen molar-refractivity contribution in [1.29, 1.82) is 0 Å². The van der Waals surface area contributed by atoms with Gasteiger partial charge in [0.05, 0.1) is 7.11 Å². The van der Waals surface area contributed by atoms with E-state index in [-0.39, 0.29) is 11.8 Å². The predicted octanol–water partition coefficient (Wildman–Crippen LogP) is 1.05. The molecule has 1 aromatic carbocycles. The van der Waals surface area contributed by atoms with Crippen molar-refractivity contribution < 1.29 is 19.1 Å². The fourth-order valence-electron chi connectivity index (χ4n) is 2.18. The maximum atomic E-state index is 12.5. The lowest BCUT2D eigenvalue weighted by Gasteiger charge is -2.24. The Labute approximate surface area is 136 Å². The number of carbonyl (C=O) groups excluding carboxylic acids is 3. The number of methoxy groups -OCH3 is 1. The van der Waals surface area contributed by atoms with Crippen molar-refractivity contribution in [1.82, 2.24) is 10.6 Å². The Bertz CT molecular complexity index is 543.